The Morgan fingerprint density at radius 3 is 2.55 bits per heavy atom. The van der Waals surface area contributed by atoms with Crippen LogP contribution in [0.15, 0.2) is 17.2 Å². The number of rotatable bonds is 6. The monoisotopic (exact) mass is 305 g/mol. The molecule has 9 nitrogen and oxygen atoms in total. The highest BCUT2D eigenvalue weighted by Crippen LogP contribution is 2.13. The van der Waals surface area contributed by atoms with Gasteiger partial charge in [-0.05, 0) is 6.07 Å². The molecule has 0 aromatic carbocycles. The highest BCUT2D eigenvalue weighted by Gasteiger charge is 2.27. The number of carbonyl (C=O) groups is 2. The topological polar surface area (TPSA) is 141 Å². The predicted molar refractivity (Wildman–Crippen MR) is 67.1 cm³/mol. The maximum atomic E-state index is 12.0. The number of nitrogens with one attached hydrogen (secondary N) is 1. The van der Waals surface area contributed by atoms with Crippen LogP contribution in [0.4, 0.5) is 0 Å². The van der Waals surface area contributed by atoms with Crippen molar-refractivity contribution in [1.29, 1.82) is 0 Å². The maximum Gasteiger partial charge on any atom is 0.326 e. The maximum absolute atomic E-state index is 12.0. The zero-order chi connectivity index (χ0) is 15.5. The molecule has 10 heteroatoms. The van der Waals surface area contributed by atoms with E-state index in [-0.39, 0.29) is 10.6 Å². The number of esters is 1. The summed E-state index contributed by atoms with van der Waals surface area (Å²) in [7, 11) is -1.59. The zero-order valence-corrected chi connectivity index (χ0v) is 11.7. The SMILES string of the molecule is COC(=O)C(CO)NS(=O)(=O)c1cc(C(N)=O)n(C)c1. The molecule has 0 saturated heterocycles. The Bertz CT molecular complexity index is 621. The first-order chi connectivity index (χ1) is 9.22. The van der Waals surface area contributed by atoms with E-state index in [0.29, 0.717) is 0 Å². The van der Waals surface area contributed by atoms with Crippen molar-refractivity contribution in [3.63, 3.8) is 0 Å². The van der Waals surface area contributed by atoms with Crippen LogP contribution in [0, 0.1) is 0 Å². The molecule has 1 heterocycles. The molecule has 0 aliphatic carbocycles. The molecular formula is C10H15N3O6S. The second-order valence-corrected chi connectivity index (χ2v) is 5.63. The van der Waals surface area contributed by atoms with Crippen LogP contribution in [-0.2, 0) is 26.6 Å². The van der Waals surface area contributed by atoms with Gasteiger partial charge in [0, 0.05) is 13.2 Å². The number of aromatic nitrogens is 1. The molecule has 4 N–H and O–H groups in total. The van der Waals surface area contributed by atoms with Crippen molar-refractivity contribution in [3.8, 4) is 0 Å². The van der Waals surface area contributed by atoms with Crippen LogP contribution in [0.2, 0.25) is 0 Å². The van der Waals surface area contributed by atoms with E-state index in [0.717, 1.165) is 19.4 Å². The summed E-state index contributed by atoms with van der Waals surface area (Å²) in [5.74, 6) is -1.72. The number of carbonyl (C=O) groups excluding carboxylic acids is 2. The zero-order valence-electron chi connectivity index (χ0n) is 10.9. The first-order valence-corrected chi connectivity index (χ1v) is 6.88. The fourth-order valence-electron chi connectivity index (χ4n) is 1.48. The average molecular weight is 305 g/mol. The number of nitrogens with zero attached hydrogens (tertiary/aromatic N) is 1. The lowest BCUT2D eigenvalue weighted by molar-refractivity contribution is -0.143. The summed E-state index contributed by atoms with van der Waals surface area (Å²) in [5.41, 5.74) is 5.07. The van der Waals surface area contributed by atoms with E-state index in [9.17, 15) is 18.0 Å². The summed E-state index contributed by atoms with van der Waals surface area (Å²) in [6.45, 7) is -0.762. The van der Waals surface area contributed by atoms with Crippen LogP contribution in [0.5, 0.6) is 0 Å². The van der Waals surface area contributed by atoms with Crippen molar-refractivity contribution in [1.82, 2.24) is 9.29 Å². The number of primary amides is 1. The van der Waals surface area contributed by atoms with Gasteiger partial charge < -0.3 is 20.1 Å². The van der Waals surface area contributed by atoms with Gasteiger partial charge in [-0.25, -0.2) is 8.42 Å². The first-order valence-electron chi connectivity index (χ1n) is 5.40. The second kappa shape index (κ2) is 6.03. The normalized spacial score (nSPS) is 12.9. The second-order valence-electron chi connectivity index (χ2n) is 3.92. The largest absolute Gasteiger partial charge is 0.468 e. The van der Waals surface area contributed by atoms with Gasteiger partial charge in [-0.3, -0.25) is 9.59 Å². The smallest absolute Gasteiger partial charge is 0.326 e. The van der Waals surface area contributed by atoms with Crippen LogP contribution in [0.1, 0.15) is 10.5 Å². The van der Waals surface area contributed by atoms with E-state index in [1.165, 1.54) is 11.6 Å². The molecule has 20 heavy (non-hydrogen) atoms. The van der Waals surface area contributed by atoms with Gasteiger partial charge in [0.05, 0.1) is 13.7 Å². The van der Waals surface area contributed by atoms with E-state index in [1.807, 2.05) is 4.72 Å². The lowest BCUT2D eigenvalue weighted by atomic mass is 10.3. The third kappa shape index (κ3) is 3.35. The summed E-state index contributed by atoms with van der Waals surface area (Å²) in [4.78, 5) is 22.1. The molecule has 0 radical (unpaired) electrons. The van der Waals surface area contributed by atoms with E-state index in [2.05, 4.69) is 4.74 Å². The number of hydrogen-bond donors (Lipinski definition) is 3. The molecule has 0 saturated carbocycles. The van der Waals surface area contributed by atoms with Crippen LogP contribution in [0.25, 0.3) is 0 Å². The fraction of sp³-hybridized carbons (Fsp3) is 0.400. The van der Waals surface area contributed by atoms with Gasteiger partial charge in [0.25, 0.3) is 5.91 Å². The summed E-state index contributed by atoms with van der Waals surface area (Å²) in [6.07, 6.45) is 1.16. The number of aliphatic hydroxyl groups is 1. The molecule has 0 bridgehead atoms. The van der Waals surface area contributed by atoms with Crippen LogP contribution in [-0.4, -0.2) is 49.7 Å². The number of methoxy groups -OCH3 is 1. The number of nitrogens with two attached hydrogens (primary N) is 1. The van der Waals surface area contributed by atoms with Gasteiger partial charge in [0.1, 0.15) is 16.6 Å². The van der Waals surface area contributed by atoms with E-state index in [4.69, 9.17) is 10.8 Å². The molecule has 0 spiro atoms. The van der Waals surface area contributed by atoms with Crippen LogP contribution < -0.4 is 10.5 Å². The number of aryl methyl sites for hydroxylation is 1. The molecule has 0 aliphatic heterocycles. The minimum atomic E-state index is -4.10. The van der Waals surface area contributed by atoms with Gasteiger partial charge in [-0.2, -0.15) is 4.72 Å². The Kier molecular flexibility index (Phi) is 4.87. The van der Waals surface area contributed by atoms with Crippen molar-refractivity contribution in [2.75, 3.05) is 13.7 Å². The van der Waals surface area contributed by atoms with Crippen LogP contribution >= 0.6 is 0 Å². The van der Waals surface area contributed by atoms with Gasteiger partial charge >= 0.3 is 5.97 Å². The van der Waals surface area contributed by atoms with E-state index >= 15 is 0 Å². The molecule has 112 valence electrons. The highest BCUT2D eigenvalue weighted by atomic mass is 32.2. The molecule has 1 unspecified atom stereocenters. The number of aliphatic hydroxyl groups excluding tert-OH is 1. The van der Waals surface area contributed by atoms with Crippen molar-refractivity contribution in [2.24, 2.45) is 12.8 Å². The summed E-state index contributed by atoms with van der Waals surface area (Å²) in [6, 6.07) is -0.363. The Morgan fingerprint density at radius 1 is 1.55 bits per heavy atom. The summed E-state index contributed by atoms with van der Waals surface area (Å²) >= 11 is 0. The molecule has 1 aromatic heterocycles. The van der Waals surface area contributed by atoms with E-state index in [1.54, 1.807) is 0 Å². The fourth-order valence-corrected chi connectivity index (χ4v) is 2.73. The van der Waals surface area contributed by atoms with E-state index < -0.39 is 34.5 Å². The van der Waals surface area contributed by atoms with Crippen molar-refractivity contribution in [2.45, 2.75) is 10.9 Å². The van der Waals surface area contributed by atoms with Gasteiger partial charge in [-0.15, -0.1) is 0 Å². The predicted octanol–water partition coefficient (Wildman–Crippen LogP) is -2.06. The first kappa shape index (κ1) is 16.1. The Labute approximate surface area is 115 Å². The molecule has 0 aliphatic rings. The average Bonchev–Trinajstić information content (AvgIpc) is 2.78. The summed E-state index contributed by atoms with van der Waals surface area (Å²) in [5, 5.41) is 8.98. The Morgan fingerprint density at radius 2 is 2.15 bits per heavy atom. The standard InChI is InChI=1S/C10H15N3O6S/c1-13-4-6(3-8(13)9(11)15)20(17,18)12-7(5-14)10(16)19-2/h3-4,7,12,14H,5H2,1-2H3,(H2,11,15). The third-order valence-corrected chi connectivity index (χ3v) is 3.95. The Hall–Kier alpha value is -1.91. The number of ether oxygens (including phenoxy) is 1. The molecule has 0 fully saturated rings. The third-order valence-electron chi connectivity index (χ3n) is 2.51. The van der Waals surface area contributed by atoms with Crippen molar-refractivity contribution >= 4 is 21.9 Å². The molecular weight excluding hydrogens is 290 g/mol. The molecule has 1 rings (SSSR count). The minimum Gasteiger partial charge on any atom is -0.468 e. The molecule has 1 amide bonds. The quantitative estimate of drug-likeness (QED) is 0.516. The molecule has 1 aromatic rings. The van der Waals surface area contributed by atoms with Gasteiger partial charge in [0.2, 0.25) is 10.0 Å². The lowest BCUT2D eigenvalue weighted by Gasteiger charge is -2.13. The van der Waals surface area contributed by atoms with Gasteiger partial charge in [-0.1, -0.05) is 0 Å². The van der Waals surface area contributed by atoms with Crippen molar-refractivity contribution in [3.05, 3.63) is 18.0 Å². The van der Waals surface area contributed by atoms with Gasteiger partial charge in [0.15, 0.2) is 0 Å². The number of hydrogen-bond acceptors (Lipinski definition) is 6. The minimum absolute atomic E-state index is 0.0102. The Balaban J connectivity index is 3.08. The number of sulfonamides is 1. The number of amides is 1. The highest BCUT2D eigenvalue weighted by molar-refractivity contribution is 7.89. The van der Waals surface area contributed by atoms with Crippen molar-refractivity contribution < 1.29 is 27.9 Å². The summed E-state index contributed by atoms with van der Waals surface area (Å²) < 4.78 is 31.6. The lowest BCUT2D eigenvalue weighted by Crippen LogP contribution is -2.43. The van der Waals surface area contributed by atoms with Crippen LogP contribution in [0.3, 0.4) is 0 Å². The molecule has 1 atom stereocenters.